The number of H-pyrrole nitrogens is 1. The van der Waals surface area contributed by atoms with E-state index in [9.17, 15) is 32.3 Å². The van der Waals surface area contributed by atoms with E-state index in [0.717, 1.165) is 23.1 Å². The summed E-state index contributed by atoms with van der Waals surface area (Å²) in [6.07, 6.45) is -4.19. The van der Waals surface area contributed by atoms with Gasteiger partial charge < -0.3 is 4.74 Å². The van der Waals surface area contributed by atoms with E-state index in [1.165, 1.54) is 26.9 Å². The molecular weight excluding hydrogens is 643 g/mol. The number of rotatable bonds is 5. The molecule has 3 aromatic rings. The number of imide groups is 1. The van der Waals surface area contributed by atoms with Crippen molar-refractivity contribution < 1.29 is 37.1 Å². The molecule has 2 fully saturated rings. The minimum absolute atomic E-state index is 0.0989. The van der Waals surface area contributed by atoms with Crippen molar-refractivity contribution in [3.63, 3.8) is 0 Å². The number of aromatic amines is 1. The summed E-state index contributed by atoms with van der Waals surface area (Å²) in [7, 11) is 0. The second-order valence-corrected chi connectivity index (χ2v) is 13.3. The highest BCUT2D eigenvalue weighted by Crippen LogP contribution is 2.41. The number of halogens is 4. The Morgan fingerprint density at radius 2 is 1.80 bits per heavy atom. The van der Waals surface area contributed by atoms with E-state index >= 15 is 0 Å². The molecular formula is C28H25ClF3N5O5S2. The van der Waals surface area contributed by atoms with Crippen molar-refractivity contribution in [1.82, 2.24) is 23.7 Å². The lowest BCUT2D eigenvalue weighted by Crippen LogP contribution is -2.39. The van der Waals surface area contributed by atoms with Gasteiger partial charge in [0, 0.05) is 10.4 Å². The summed E-state index contributed by atoms with van der Waals surface area (Å²) in [5, 5.41) is 6.54. The highest BCUT2D eigenvalue weighted by Gasteiger charge is 2.41. The number of ether oxygens (including phenoxy) is 1. The van der Waals surface area contributed by atoms with Crippen LogP contribution in [-0.4, -0.2) is 72.1 Å². The van der Waals surface area contributed by atoms with Gasteiger partial charge in [-0.15, -0.1) is 0 Å². The smallest absolute Gasteiger partial charge is 0.421 e. The van der Waals surface area contributed by atoms with Crippen LogP contribution in [0.3, 0.4) is 0 Å². The van der Waals surface area contributed by atoms with Gasteiger partial charge in [0.2, 0.25) is 0 Å². The third-order valence-electron chi connectivity index (χ3n) is 6.53. The van der Waals surface area contributed by atoms with E-state index in [4.69, 9.17) is 16.3 Å². The summed E-state index contributed by atoms with van der Waals surface area (Å²) in [4.78, 5) is 52.8. The highest BCUT2D eigenvalue weighted by molar-refractivity contribution is 8.18. The monoisotopic (exact) mass is 667 g/mol. The summed E-state index contributed by atoms with van der Waals surface area (Å²) in [5.74, 6) is -1.42. The number of hydrogen-bond donors (Lipinski definition) is 1. The number of benzene rings is 2. The van der Waals surface area contributed by atoms with Crippen molar-refractivity contribution in [3.8, 4) is 0 Å². The first kappa shape index (κ1) is 31.7. The fraction of sp³-hybridized carbons (Fsp3) is 0.321. The van der Waals surface area contributed by atoms with Crippen molar-refractivity contribution in [2.45, 2.75) is 39.0 Å². The van der Waals surface area contributed by atoms with E-state index in [1.807, 2.05) is 0 Å². The molecule has 0 radical (unpaired) electrons. The largest absolute Gasteiger partial charge is 0.443 e. The number of allylic oxidation sites excluding steroid dienone is 1. The molecule has 0 atom stereocenters. The van der Waals surface area contributed by atoms with E-state index in [2.05, 4.69) is 10.2 Å². The summed E-state index contributed by atoms with van der Waals surface area (Å²) < 4.78 is 49.8. The third kappa shape index (κ3) is 6.84. The number of aromatic nitrogens is 2. The average molecular weight is 668 g/mol. The highest BCUT2D eigenvalue weighted by atomic mass is 35.5. The summed E-state index contributed by atoms with van der Waals surface area (Å²) >= 11 is 7.24. The van der Waals surface area contributed by atoms with Gasteiger partial charge in [0.05, 0.1) is 47.4 Å². The van der Waals surface area contributed by atoms with Gasteiger partial charge in [-0.25, -0.2) is 9.10 Å². The fourth-order valence-corrected chi connectivity index (χ4v) is 6.46. The Bertz CT molecular complexity index is 1700. The van der Waals surface area contributed by atoms with Crippen molar-refractivity contribution in [3.05, 3.63) is 69.2 Å². The molecule has 1 aromatic heterocycles. The Hall–Kier alpha value is -3.69. The van der Waals surface area contributed by atoms with E-state index < -0.39 is 47.0 Å². The molecule has 2 aliphatic heterocycles. The van der Waals surface area contributed by atoms with E-state index in [-0.39, 0.29) is 40.6 Å². The number of carbonyl (C=O) groups is 4. The summed E-state index contributed by atoms with van der Waals surface area (Å²) in [6, 6.07) is 8.30. The van der Waals surface area contributed by atoms with Crippen molar-refractivity contribution in [2.24, 2.45) is 0 Å². The van der Waals surface area contributed by atoms with E-state index in [1.54, 1.807) is 39.0 Å². The minimum Gasteiger partial charge on any atom is -0.443 e. The first-order valence-corrected chi connectivity index (χ1v) is 15.1. The Balaban J connectivity index is 1.44. The maximum absolute atomic E-state index is 14.0. The van der Waals surface area contributed by atoms with Crippen LogP contribution in [0.5, 0.6) is 0 Å². The van der Waals surface area contributed by atoms with Crippen LogP contribution in [0.1, 0.15) is 37.5 Å². The summed E-state index contributed by atoms with van der Waals surface area (Å²) in [5.41, 5.74) is -0.619. The second kappa shape index (κ2) is 12.0. The van der Waals surface area contributed by atoms with Gasteiger partial charge in [0.25, 0.3) is 17.1 Å². The van der Waals surface area contributed by atoms with Gasteiger partial charge in [-0.1, -0.05) is 23.7 Å². The van der Waals surface area contributed by atoms with Gasteiger partial charge in [0.15, 0.2) is 0 Å². The lowest BCUT2D eigenvalue weighted by Gasteiger charge is -2.23. The zero-order valence-corrected chi connectivity index (χ0v) is 25.9. The predicted octanol–water partition coefficient (Wildman–Crippen LogP) is 6.53. The number of nitrogens with one attached hydrogen (secondary N) is 1. The molecule has 0 unspecified atom stereocenters. The molecule has 10 nitrogen and oxygen atoms in total. The number of amides is 4. The number of carbonyl (C=O) groups excluding carboxylic acids is 4. The molecule has 0 spiro atoms. The maximum atomic E-state index is 14.0. The zero-order valence-electron chi connectivity index (χ0n) is 23.5. The third-order valence-corrected chi connectivity index (χ3v) is 8.90. The molecule has 0 saturated carbocycles. The molecule has 232 valence electrons. The SMILES string of the molecule is CC(C)(C)OC(=O)N1CCN(C(=O)CN2C(=O)S/C(=C(/Cc3ccc(Cl)cc3C(F)(F)F)c3ccc4[nH]ncc4c3)C2=O)S1. The van der Waals surface area contributed by atoms with Crippen LogP contribution in [-0.2, 0) is 26.9 Å². The lowest BCUT2D eigenvalue weighted by atomic mass is 9.93. The van der Waals surface area contributed by atoms with Crippen LogP contribution in [0.4, 0.5) is 22.8 Å². The van der Waals surface area contributed by atoms with Crippen molar-refractivity contribution in [2.75, 3.05) is 19.6 Å². The molecule has 0 bridgehead atoms. The predicted molar refractivity (Wildman–Crippen MR) is 160 cm³/mol. The second-order valence-electron chi connectivity index (χ2n) is 10.9. The number of alkyl halides is 3. The van der Waals surface area contributed by atoms with Crippen LogP contribution >= 0.6 is 35.5 Å². The molecule has 4 amide bonds. The molecule has 16 heteroatoms. The molecule has 44 heavy (non-hydrogen) atoms. The number of thioether (sulfide) groups is 1. The van der Waals surface area contributed by atoms with Gasteiger partial charge >= 0.3 is 12.3 Å². The standard InChI is InChI=1S/C28H25ClF3N5O5S2/c1-27(2,3)42-25(40)37-9-8-36(44-37)22(38)14-35-24(39)23(43-26(35)41)19(15-5-7-21-17(10-15)13-33-34-21)11-16-4-6-18(29)12-20(16)28(30,31)32/h4-7,10,12-13H,8-9,11,14H2,1-3H3,(H,33,34)/b23-19-. The van der Waals surface area contributed by atoms with Crippen molar-refractivity contribution >= 4 is 75.1 Å². The zero-order chi connectivity index (χ0) is 32.0. The number of fused-ring (bicyclic) bond motifs is 1. The molecule has 5 rings (SSSR count). The maximum Gasteiger partial charge on any atom is 0.421 e. The van der Waals surface area contributed by atoms with Gasteiger partial charge in [-0.05, 0) is 79.9 Å². The normalized spacial score (nSPS) is 17.2. The van der Waals surface area contributed by atoms with Gasteiger partial charge in [-0.3, -0.25) is 28.7 Å². The van der Waals surface area contributed by atoms with Crippen LogP contribution in [0, 0.1) is 0 Å². The summed E-state index contributed by atoms with van der Waals surface area (Å²) in [6.45, 7) is 4.82. The Labute approximate surface area is 263 Å². The quantitative estimate of drug-likeness (QED) is 0.241. The van der Waals surface area contributed by atoms with Gasteiger partial charge in [0.1, 0.15) is 12.1 Å². The molecule has 2 aromatic carbocycles. The molecule has 2 aliphatic rings. The Morgan fingerprint density at radius 3 is 2.50 bits per heavy atom. The van der Waals surface area contributed by atoms with Gasteiger partial charge in [-0.2, -0.15) is 18.3 Å². The fourth-order valence-electron chi connectivity index (χ4n) is 4.52. The topological polar surface area (TPSA) is 116 Å². The Morgan fingerprint density at radius 1 is 1.07 bits per heavy atom. The average Bonchev–Trinajstić information content (AvgIpc) is 3.67. The lowest BCUT2D eigenvalue weighted by molar-refractivity contribution is -0.138. The Kier molecular flexibility index (Phi) is 8.66. The van der Waals surface area contributed by atoms with E-state index in [0.29, 0.717) is 28.2 Å². The molecule has 0 aliphatic carbocycles. The first-order valence-electron chi connectivity index (χ1n) is 13.2. The number of nitrogens with zero attached hydrogens (tertiary/aromatic N) is 4. The van der Waals surface area contributed by atoms with Crippen molar-refractivity contribution in [1.29, 1.82) is 0 Å². The van der Waals surface area contributed by atoms with Crippen LogP contribution in [0.2, 0.25) is 5.02 Å². The van der Waals surface area contributed by atoms with Crippen LogP contribution in [0.15, 0.2) is 47.5 Å². The minimum atomic E-state index is -4.73. The van der Waals surface area contributed by atoms with Crippen LogP contribution in [0.25, 0.3) is 16.5 Å². The molecule has 3 heterocycles. The number of hydrogen-bond acceptors (Lipinski definition) is 8. The van der Waals surface area contributed by atoms with Crippen LogP contribution < -0.4 is 0 Å². The first-order chi connectivity index (χ1) is 20.6. The molecule has 1 N–H and O–H groups in total. The molecule has 2 saturated heterocycles.